The maximum absolute atomic E-state index is 12.2. The van der Waals surface area contributed by atoms with Crippen LogP contribution in [0.15, 0.2) is 46.9 Å². The molecule has 0 aromatic heterocycles. The molecule has 0 bridgehead atoms. The lowest BCUT2D eigenvalue weighted by Gasteiger charge is -2.11. The molecule has 2 aromatic carbocycles. The van der Waals surface area contributed by atoms with Crippen molar-refractivity contribution in [2.24, 2.45) is 0 Å². The highest BCUT2D eigenvalue weighted by Gasteiger charge is 2.10. The van der Waals surface area contributed by atoms with Crippen LogP contribution in [0.25, 0.3) is 0 Å². The van der Waals surface area contributed by atoms with Crippen LogP contribution in [0.2, 0.25) is 5.02 Å². The summed E-state index contributed by atoms with van der Waals surface area (Å²) < 4.78 is 11.6. The minimum Gasteiger partial charge on any atom is -0.494 e. The van der Waals surface area contributed by atoms with Crippen molar-refractivity contribution in [2.75, 3.05) is 13.2 Å². The van der Waals surface area contributed by atoms with E-state index in [9.17, 15) is 9.59 Å². The van der Waals surface area contributed by atoms with E-state index in [1.165, 1.54) is 0 Å². The lowest BCUT2D eigenvalue weighted by atomic mass is 10.2. The van der Waals surface area contributed by atoms with Gasteiger partial charge in [-0.3, -0.25) is 20.4 Å². The van der Waals surface area contributed by atoms with Crippen molar-refractivity contribution in [3.63, 3.8) is 0 Å². The molecule has 0 unspecified atom stereocenters. The Morgan fingerprint density at radius 2 is 1.93 bits per heavy atom. The molecule has 0 spiro atoms. The fourth-order valence-corrected chi connectivity index (χ4v) is 2.83. The Kier molecular flexibility index (Phi) is 8.42. The zero-order valence-electron chi connectivity index (χ0n) is 14.8. The van der Waals surface area contributed by atoms with Gasteiger partial charge in [0.1, 0.15) is 11.5 Å². The highest BCUT2D eigenvalue weighted by molar-refractivity contribution is 9.10. The lowest BCUT2D eigenvalue weighted by Crippen LogP contribution is -2.43. The molecule has 0 aliphatic heterocycles. The van der Waals surface area contributed by atoms with Crippen molar-refractivity contribution in [1.82, 2.24) is 10.9 Å². The van der Waals surface area contributed by atoms with Gasteiger partial charge in [-0.2, -0.15) is 0 Å². The molecule has 27 heavy (non-hydrogen) atoms. The minimum atomic E-state index is -0.499. The third-order valence-electron chi connectivity index (χ3n) is 3.43. The zero-order chi connectivity index (χ0) is 19.6. The molecule has 0 atom stereocenters. The van der Waals surface area contributed by atoms with E-state index < -0.39 is 11.8 Å². The van der Waals surface area contributed by atoms with Gasteiger partial charge in [0.25, 0.3) is 11.8 Å². The Morgan fingerprint density at radius 1 is 1.11 bits per heavy atom. The molecule has 0 aliphatic rings. The first-order chi connectivity index (χ1) is 13.0. The van der Waals surface area contributed by atoms with Crippen molar-refractivity contribution in [2.45, 2.75) is 19.8 Å². The quantitative estimate of drug-likeness (QED) is 0.464. The molecular weight excluding hydrogens is 436 g/mol. The molecule has 8 heteroatoms. The number of amides is 2. The van der Waals surface area contributed by atoms with Crippen LogP contribution in [0.1, 0.15) is 30.1 Å². The maximum Gasteiger partial charge on any atom is 0.276 e. The maximum atomic E-state index is 12.2. The Balaban J connectivity index is 1.80. The summed E-state index contributed by atoms with van der Waals surface area (Å²) in [6.45, 7) is 2.40. The van der Waals surface area contributed by atoms with Gasteiger partial charge < -0.3 is 9.47 Å². The van der Waals surface area contributed by atoms with E-state index in [0.29, 0.717) is 33.2 Å². The summed E-state index contributed by atoms with van der Waals surface area (Å²) in [5, 5.41) is 0.548. The number of unbranched alkanes of at least 4 members (excludes halogenated alkanes) is 1. The second-order valence-corrected chi connectivity index (χ2v) is 6.89. The summed E-state index contributed by atoms with van der Waals surface area (Å²) in [6.07, 6.45) is 1.97. The average molecular weight is 456 g/mol. The summed E-state index contributed by atoms with van der Waals surface area (Å²) in [5.74, 6) is 0.133. The van der Waals surface area contributed by atoms with Gasteiger partial charge >= 0.3 is 0 Å². The number of nitrogens with one attached hydrogen (secondary N) is 2. The number of hydrazine groups is 1. The van der Waals surface area contributed by atoms with Crippen LogP contribution < -0.4 is 20.3 Å². The summed E-state index contributed by atoms with van der Waals surface area (Å²) >= 11 is 9.14. The number of hydrogen-bond acceptors (Lipinski definition) is 4. The minimum absolute atomic E-state index is 0.263. The highest BCUT2D eigenvalue weighted by atomic mass is 79.9. The Hall–Kier alpha value is -2.25. The van der Waals surface area contributed by atoms with E-state index >= 15 is 0 Å². The fraction of sp³-hybridized carbons (Fsp3) is 0.263. The number of carbonyl (C=O) groups excluding carboxylic acids is 2. The predicted molar refractivity (Wildman–Crippen MR) is 107 cm³/mol. The fourth-order valence-electron chi connectivity index (χ4n) is 2.03. The second-order valence-electron chi connectivity index (χ2n) is 5.60. The molecule has 0 saturated carbocycles. The number of benzene rings is 2. The molecule has 6 nitrogen and oxygen atoms in total. The van der Waals surface area contributed by atoms with Crippen molar-refractivity contribution in [1.29, 1.82) is 0 Å². The largest absolute Gasteiger partial charge is 0.494 e. The first-order valence-corrected chi connectivity index (χ1v) is 9.56. The van der Waals surface area contributed by atoms with E-state index in [-0.39, 0.29) is 6.61 Å². The van der Waals surface area contributed by atoms with E-state index in [1.54, 1.807) is 42.5 Å². The van der Waals surface area contributed by atoms with Gasteiger partial charge in [0.05, 0.1) is 11.1 Å². The first-order valence-electron chi connectivity index (χ1n) is 8.39. The van der Waals surface area contributed by atoms with E-state index in [2.05, 4.69) is 33.7 Å². The van der Waals surface area contributed by atoms with Crippen LogP contribution in [0.3, 0.4) is 0 Å². The zero-order valence-corrected chi connectivity index (χ0v) is 17.1. The number of ether oxygens (including phenoxy) is 2. The van der Waals surface area contributed by atoms with Crippen LogP contribution >= 0.6 is 27.5 Å². The third-order valence-corrected chi connectivity index (χ3v) is 4.29. The lowest BCUT2D eigenvalue weighted by molar-refractivity contribution is -0.123. The number of rotatable bonds is 8. The molecule has 2 rings (SSSR count). The Bertz CT molecular complexity index is 801. The van der Waals surface area contributed by atoms with Crippen molar-refractivity contribution >= 4 is 39.3 Å². The van der Waals surface area contributed by atoms with E-state index in [1.807, 2.05) is 0 Å². The molecule has 144 valence electrons. The van der Waals surface area contributed by atoms with Crippen LogP contribution in [-0.2, 0) is 4.79 Å². The van der Waals surface area contributed by atoms with Crippen LogP contribution in [-0.4, -0.2) is 25.0 Å². The summed E-state index contributed by atoms with van der Waals surface area (Å²) in [7, 11) is 0. The molecule has 0 heterocycles. The summed E-state index contributed by atoms with van der Waals surface area (Å²) in [5.41, 5.74) is 5.03. The van der Waals surface area contributed by atoms with Gasteiger partial charge in [0.2, 0.25) is 0 Å². The number of carbonyl (C=O) groups is 2. The molecule has 2 amide bonds. The topological polar surface area (TPSA) is 76.7 Å². The molecular formula is C19H20BrClN2O4. The number of halogens is 2. The average Bonchev–Trinajstić information content (AvgIpc) is 2.66. The first kappa shape index (κ1) is 21.1. The standard InChI is InChI=1S/C19H20BrClN2O4/c1-2-3-9-26-15-6-4-5-13(10-15)19(25)23-22-18(24)12-27-17-8-7-14(21)11-16(17)20/h4-8,10-11H,2-3,9,12H2,1H3,(H,22,24)(H,23,25). The van der Waals surface area contributed by atoms with Crippen molar-refractivity contribution in [3.8, 4) is 11.5 Å². The van der Waals surface area contributed by atoms with Crippen molar-refractivity contribution in [3.05, 3.63) is 57.5 Å². The summed E-state index contributed by atoms with van der Waals surface area (Å²) in [4.78, 5) is 24.0. The monoisotopic (exact) mass is 454 g/mol. The van der Waals surface area contributed by atoms with E-state index in [0.717, 1.165) is 12.8 Å². The molecule has 2 N–H and O–H groups in total. The smallest absolute Gasteiger partial charge is 0.276 e. The second kappa shape index (κ2) is 10.8. The Labute approximate surface area is 171 Å². The number of hydrogen-bond donors (Lipinski definition) is 2. The normalized spacial score (nSPS) is 10.2. The highest BCUT2D eigenvalue weighted by Crippen LogP contribution is 2.27. The third kappa shape index (κ3) is 7.11. The predicted octanol–water partition coefficient (Wildman–Crippen LogP) is 4.12. The molecule has 0 fully saturated rings. The molecule has 2 aromatic rings. The van der Waals surface area contributed by atoms with Gasteiger partial charge in [-0.1, -0.05) is 31.0 Å². The summed E-state index contributed by atoms with van der Waals surface area (Å²) in [6, 6.07) is 11.7. The van der Waals surface area contributed by atoms with Crippen LogP contribution in [0.5, 0.6) is 11.5 Å². The molecule has 0 saturated heterocycles. The van der Waals surface area contributed by atoms with E-state index in [4.69, 9.17) is 21.1 Å². The van der Waals surface area contributed by atoms with Crippen molar-refractivity contribution < 1.29 is 19.1 Å². The van der Waals surface area contributed by atoms with Gasteiger partial charge in [-0.15, -0.1) is 0 Å². The SMILES string of the molecule is CCCCOc1cccc(C(=O)NNC(=O)COc2ccc(Cl)cc2Br)c1. The van der Waals surface area contributed by atoms with Crippen LogP contribution in [0, 0.1) is 0 Å². The molecule has 0 aliphatic carbocycles. The van der Waals surface area contributed by atoms with Gasteiger partial charge in [-0.05, 0) is 58.7 Å². The van der Waals surface area contributed by atoms with Gasteiger partial charge in [0.15, 0.2) is 6.61 Å². The van der Waals surface area contributed by atoms with Gasteiger partial charge in [0, 0.05) is 10.6 Å². The Morgan fingerprint density at radius 3 is 2.67 bits per heavy atom. The van der Waals surface area contributed by atoms with Crippen LogP contribution in [0.4, 0.5) is 0 Å². The molecule has 0 radical (unpaired) electrons. The van der Waals surface area contributed by atoms with Gasteiger partial charge in [-0.25, -0.2) is 0 Å².